The minimum Gasteiger partial charge on any atom is -0.384 e. The van der Waals surface area contributed by atoms with Gasteiger partial charge in [0.1, 0.15) is 17.7 Å². The van der Waals surface area contributed by atoms with Gasteiger partial charge in [0, 0.05) is 23.9 Å². The summed E-state index contributed by atoms with van der Waals surface area (Å²) in [6.45, 7) is 0.832. The summed E-state index contributed by atoms with van der Waals surface area (Å²) in [6, 6.07) is 4.48. The van der Waals surface area contributed by atoms with E-state index in [-0.39, 0.29) is 29.4 Å². The number of pyridine rings is 1. The monoisotopic (exact) mass is 488 g/mol. The van der Waals surface area contributed by atoms with Gasteiger partial charge in [-0.25, -0.2) is 26.3 Å². The molecule has 0 radical (unpaired) electrons. The molecule has 0 spiro atoms. The average molecular weight is 489 g/mol. The molecule has 2 atom stereocenters. The molecule has 4 rings (SSSR count). The maximum Gasteiger partial charge on any atom is 0.282 e. The molecule has 7 nitrogen and oxygen atoms in total. The molecule has 32 heavy (non-hydrogen) atoms. The highest BCUT2D eigenvalue weighted by atomic mass is 35.5. The molecule has 1 saturated heterocycles. The number of halogens is 4. The summed E-state index contributed by atoms with van der Waals surface area (Å²) in [5, 5.41) is 4.14. The Morgan fingerprint density at radius 1 is 1.34 bits per heavy atom. The first-order chi connectivity index (χ1) is 14.9. The van der Waals surface area contributed by atoms with E-state index in [0.29, 0.717) is 11.3 Å². The fourth-order valence-electron chi connectivity index (χ4n) is 3.85. The zero-order chi connectivity index (χ0) is 23.3. The van der Waals surface area contributed by atoms with Crippen LogP contribution in [0.5, 0.6) is 0 Å². The average Bonchev–Trinajstić information content (AvgIpc) is 3.25. The highest BCUT2D eigenvalue weighted by Crippen LogP contribution is 2.39. The van der Waals surface area contributed by atoms with Crippen molar-refractivity contribution in [3.63, 3.8) is 0 Å². The zero-order valence-corrected chi connectivity index (χ0v) is 18.7. The lowest BCUT2D eigenvalue weighted by molar-refractivity contribution is -0.00123. The van der Waals surface area contributed by atoms with Gasteiger partial charge < -0.3 is 9.74 Å². The van der Waals surface area contributed by atoms with Crippen LogP contribution in [0.25, 0.3) is 11.1 Å². The highest BCUT2D eigenvalue weighted by molar-refractivity contribution is 7.88. The number of hydrogen-bond acceptors (Lipinski definition) is 6. The van der Waals surface area contributed by atoms with E-state index in [0.717, 1.165) is 11.8 Å². The van der Waals surface area contributed by atoms with Gasteiger partial charge in [0.05, 0.1) is 29.9 Å². The fraction of sp³-hybridized carbons (Fsp3) is 0.400. The van der Waals surface area contributed by atoms with Crippen LogP contribution in [0.2, 0.25) is 5.02 Å². The summed E-state index contributed by atoms with van der Waals surface area (Å²) in [5.41, 5.74) is 1.75. The molecule has 12 heteroatoms. The first kappa shape index (κ1) is 22.8. The molecule has 3 heterocycles. The van der Waals surface area contributed by atoms with Crippen molar-refractivity contribution in [3.05, 3.63) is 52.6 Å². The number of sulfonamides is 1. The van der Waals surface area contributed by atoms with E-state index in [1.165, 1.54) is 17.0 Å². The number of aryl methyl sites for hydroxylation is 1. The molecule has 172 valence electrons. The van der Waals surface area contributed by atoms with Gasteiger partial charge in [-0.2, -0.15) is 0 Å². The molecule has 0 amide bonds. The van der Waals surface area contributed by atoms with E-state index < -0.39 is 40.5 Å². The Labute approximate surface area is 188 Å². The Bertz CT molecular complexity index is 1170. The number of benzene rings is 1. The molecule has 1 unspecified atom stereocenters. The SMILES string of the molecule is Cc1cnc(C2CC(N3C[C@@H](NS(C)(=O)=O)C(F)(F)C3)=NO2)c(-c2c(F)cccc2Cl)c1. The number of nitrogens with zero attached hydrogens (tertiary/aromatic N) is 3. The molecule has 2 aliphatic heterocycles. The van der Waals surface area contributed by atoms with E-state index in [1.54, 1.807) is 25.3 Å². The number of hydrogen-bond donors (Lipinski definition) is 1. The van der Waals surface area contributed by atoms with E-state index in [9.17, 15) is 21.6 Å². The maximum atomic E-state index is 14.6. The molecule has 0 bridgehead atoms. The van der Waals surface area contributed by atoms with Crippen LogP contribution in [0.3, 0.4) is 0 Å². The second-order valence-corrected chi connectivity index (χ2v) is 10.1. The van der Waals surface area contributed by atoms with Gasteiger partial charge in [-0.1, -0.05) is 22.8 Å². The standard InChI is InChI=1S/C20H20ClF3N4O3S/c1-11-6-12(18-13(21)4-3-5-14(18)22)19(25-8-11)15-7-17(26-31-15)28-9-16(20(23,24)10-28)27-32(2,29)30/h3-6,8,15-16,27H,7,9-10H2,1-2H3/t15?,16-/m1/s1. The van der Waals surface area contributed by atoms with Crippen molar-refractivity contribution in [2.24, 2.45) is 5.16 Å². The largest absolute Gasteiger partial charge is 0.384 e. The van der Waals surface area contributed by atoms with E-state index >= 15 is 0 Å². The summed E-state index contributed by atoms with van der Waals surface area (Å²) >= 11 is 6.24. The molecular formula is C20H20ClF3N4O3S. The minimum absolute atomic E-state index is 0.108. The predicted octanol–water partition coefficient (Wildman–Crippen LogP) is 3.49. The number of aromatic nitrogens is 1. The molecule has 1 fully saturated rings. The zero-order valence-electron chi connectivity index (χ0n) is 17.1. The minimum atomic E-state index is -3.81. The molecule has 2 aliphatic rings. The van der Waals surface area contributed by atoms with Crippen molar-refractivity contribution in [1.29, 1.82) is 0 Å². The van der Waals surface area contributed by atoms with Gasteiger partial charge in [0.2, 0.25) is 10.0 Å². The third-order valence-corrected chi connectivity index (χ3v) is 6.31. The Morgan fingerprint density at radius 2 is 2.09 bits per heavy atom. The van der Waals surface area contributed by atoms with E-state index in [2.05, 4.69) is 10.1 Å². The normalized spacial score (nSPS) is 22.7. The van der Waals surface area contributed by atoms with Gasteiger partial charge in [0.25, 0.3) is 5.92 Å². The van der Waals surface area contributed by atoms with Crippen molar-refractivity contribution in [2.75, 3.05) is 19.3 Å². The van der Waals surface area contributed by atoms with Gasteiger partial charge in [-0.05, 0) is 30.7 Å². The van der Waals surface area contributed by atoms with Crippen molar-refractivity contribution in [3.8, 4) is 11.1 Å². The number of oxime groups is 1. The quantitative estimate of drug-likeness (QED) is 0.712. The fourth-order valence-corrected chi connectivity index (χ4v) is 4.88. The van der Waals surface area contributed by atoms with Crippen LogP contribution in [-0.2, 0) is 14.9 Å². The number of alkyl halides is 2. The molecule has 1 aromatic carbocycles. The van der Waals surface area contributed by atoms with Crippen molar-refractivity contribution in [2.45, 2.75) is 31.4 Å². The highest BCUT2D eigenvalue weighted by Gasteiger charge is 2.51. The number of amidine groups is 1. The van der Waals surface area contributed by atoms with Crippen LogP contribution >= 0.6 is 11.6 Å². The topological polar surface area (TPSA) is 83.9 Å². The van der Waals surface area contributed by atoms with Crippen LogP contribution in [0.15, 0.2) is 35.6 Å². The molecule has 2 aromatic rings. The second kappa shape index (κ2) is 8.20. The predicted molar refractivity (Wildman–Crippen MR) is 114 cm³/mol. The van der Waals surface area contributed by atoms with Crippen LogP contribution in [-0.4, -0.2) is 55.4 Å². The maximum absolute atomic E-state index is 14.6. The Kier molecular flexibility index (Phi) is 5.84. The molecule has 0 saturated carbocycles. The second-order valence-electron chi connectivity index (χ2n) is 7.93. The van der Waals surface area contributed by atoms with Gasteiger partial charge in [-0.15, -0.1) is 0 Å². The van der Waals surface area contributed by atoms with Crippen molar-refractivity contribution < 1.29 is 26.4 Å². The molecular weight excluding hydrogens is 469 g/mol. The van der Waals surface area contributed by atoms with Gasteiger partial charge in [0.15, 0.2) is 6.10 Å². The lowest BCUT2D eigenvalue weighted by Gasteiger charge is -2.17. The summed E-state index contributed by atoms with van der Waals surface area (Å²) in [7, 11) is -3.81. The molecule has 0 aliphatic carbocycles. The lowest BCUT2D eigenvalue weighted by Crippen LogP contribution is -2.46. The third-order valence-electron chi connectivity index (χ3n) is 5.28. The van der Waals surface area contributed by atoms with Gasteiger partial charge >= 0.3 is 0 Å². The number of nitrogens with one attached hydrogen (secondary N) is 1. The van der Waals surface area contributed by atoms with Crippen LogP contribution in [0.1, 0.15) is 23.8 Å². The first-order valence-corrected chi connectivity index (χ1v) is 12.0. The lowest BCUT2D eigenvalue weighted by atomic mass is 9.97. The van der Waals surface area contributed by atoms with Crippen molar-refractivity contribution in [1.82, 2.24) is 14.6 Å². The summed E-state index contributed by atoms with van der Waals surface area (Å²) in [5.74, 6) is -3.57. The summed E-state index contributed by atoms with van der Waals surface area (Å²) in [4.78, 5) is 11.2. The summed E-state index contributed by atoms with van der Waals surface area (Å²) in [6.07, 6.45) is 1.78. The van der Waals surface area contributed by atoms with Crippen LogP contribution in [0.4, 0.5) is 13.2 Å². The summed E-state index contributed by atoms with van der Waals surface area (Å²) < 4.78 is 68.1. The smallest absolute Gasteiger partial charge is 0.282 e. The Hall–Kier alpha value is -2.37. The van der Waals surface area contributed by atoms with E-state index in [1.807, 2.05) is 4.72 Å². The number of rotatable bonds is 4. The van der Waals surface area contributed by atoms with Crippen LogP contribution < -0.4 is 4.72 Å². The van der Waals surface area contributed by atoms with E-state index in [4.69, 9.17) is 16.4 Å². The number of likely N-dealkylation sites (tertiary alicyclic amines) is 1. The first-order valence-electron chi connectivity index (χ1n) is 9.68. The molecule has 1 N–H and O–H groups in total. The Morgan fingerprint density at radius 3 is 2.78 bits per heavy atom. The van der Waals surface area contributed by atoms with Crippen LogP contribution in [0, 0.1) is 12.7 Å². The van der Waals surface area contributed by atoms with Crippen molar-refractivity contribution >= 4 is 27.5 Å². The van der Waals surface area contributed by atoms with Gasteiger partial charge in [-0.3, -0.25) is 4.98 Å². The molecule has 1 aromatic heterocycles. The Balaban J connectivity index is 1.58. The third kappa shape index (κ3) is 4.55.